The number of nitrogens with zero attached hydrogens (tertiary/aromatic N) is 1. The van der Waals surface area contributed by atoms with Gasteiger partial charge in [0.1, 0.15) is 6.17 Å². The minimum absolute atomic E-state index is 0.0570. The van der Waals surface area contributed by atoms with Gasteiger partial charge >= 0.3 is 0 Å². The van der Waals surface area contributed by atoms with Crippen LogP contribution in [-0.4, -0.2) is 22.9 Å². The highest BCUT2D eigenvalue weighted by Gasteiger charge is 2.46. The molecule has 116 valence electrons. The maximum atomic E-state index is 12.8. The van der Waals surface area contributed by atoms with E-state index >= 15 is 0 Å². The van der Waals surface area contributed by atoms with Crippen LogP contribution < -0.4 is 5.32 Å². The van der Waals surface area contributed by atoms with Gasteiger partial charge in [0.25, 0.3) is 0 Å². The Morgan fingerprint density at radius 3 is 2.48 bits per heavy atom. The first kappa shape index (κ1) is 16.3. The Labute approximate surface area is 132 Å². The number of rotatable bonds is 5. The van der Waals surface area contributed by atoms with Gasteiger partial charge in [0.2, 0.25) is 5.91 Å². The third-order valence-corrected chi connectivity index (χ3v) is 4.59. The number of amides is 1. The molecule has 1 amide bonds. The molecule has 0 saturated carbocycles. The molecule has 1 aromatic carbocycles. The molecule has 0 aliphatic carbocycles. The number of benzene rings is 1. The normalized spacial score (nSPS) is 25.9. The molecule has 4 heteroatoms. The van der Waals surface area contributed by atoms with Crippen LogP contribution in [0, 0.1) is 5.92 Å². The quantitative estimate of drug-likeness (QED) is 0.892. The molecular formula is C17H25ClN2O. The highest BCUT2D eigenvalue weighted by atomic mass is 35.5. The van der Waals surface area contributed by atoms with Crippen LogP contribution in [0.2, 0.25) is 5.02 Å². The fourth-order valence-electron chi connectivity index (χ4n) is 2.67. The first-order valence-corrected chi connectivity index (χ1v) is 8.09. The zero-order valence-corrected chi connectivity index (χ0v) is 14.1. The second-order valence-electron chi connectivity index (χ2n) is 6.47. The summed E-state index contributed by atoms with van der Waals surface area (Å²) in [5, 5.41) is 4.23. The zero-order valence-electron chi connectivity index (χ0n) is 13.3. The van der Waals surface area contributed by atoms with Crippen LogP contribution in [0.4, 0.5) is 0 Å². The molecule has 0 spiro atoms. The Balaban J connectivity index is 2.27. The van der Waals surface area contributed by atoms with Crippen molar-refractivity contribution in [3.63, 3.8) is 0 Å². The summed E-state index contributed by atoms with van der Waals surface area (Å²) in [5.74, 6) is 0.780. The minimum atomic E-state index is -0.471. The molecule has 3 nitrogen and oxygen atoms in total. The van der Waals surface area contributed by atoms with E-state index in [-0.39, 0.29) is 12.1 Å². The van der Waals surface area contributed by atoms with E-state index in [0.717, 1.165) is 30.0 Å². The van der Waals surface area contributed by atoms with E-state index in [1.165, 1.54) is 0 Å². The van der Waals surface area contributed by atoms with Crippen molar-refractivity contribution in [3.05, 3.63) is 34.9 Å². The average Bonchev–Trinajstić information content (AvgIpc) is 2.70. The second-order valence-corrected chi connectivity index (χ2v) is 6.90. The summed E-state index contributed by atoms with van der Waals surface area (Å²) in [6.07, 6.45) is 1.74. The number of carbonyl (C=O) groups is 1. The Bertz CT molecular complexity index is 500. The molecular weight excluding hydrogens is 284 g/mol. The molecule has 0 radical (unpaired) electrons. The molecule has 2 unspecified atom stereocenters. The van der Waals surface area contributed by atoms with Crippen LogP contribution in [0.25, 0.3) is 0 Å². The first-order valence-electron chi connectivity index (χ1n) is 7.71. The zero-order chi connectivity index (χ0) is 15.6. The molecule has 0 bridgehead atoms. The number of nitrogens with one attached hydrogen (secondary N) is 1. The smallest absolute Gasteiger partial charge is 0.244 e. The molecule has 1 aromatic rings. The van der Waals surface area contributed by atoms with Gasteiger partial charge in [-0.1, -0.05) is 44.5 Å². The molecule has 2 atom stereocenters. The molecule has 1 aliphatic rings. The van der Waals surface area contributed by atoms with Crippen molar-refractivity contribution in [1.29, 1.82) is 0 Å². The maximum absolute atomic E-state index is 12.8. The standard InChI is InChI=1S/C17H25ClN2O/c1-5-17(4)16(21)20(11-10-12(2)3)15(19-17)13-6-8-14(18)9-7-13/h6-9,12,15,19H,5,10-11H2,1-4H3. The third-order valence-electron chi connectivity index (χ3n) is 4.34. The number of hydrogen-bond donors (Lipinski definition) is 1. The van der Waals surface area contributed by atoms with Crippen molar-refractivity contribution >= 4 is 17.5 Å². The van der Waals surface area contributed by atoms with Gasteiger partial charge < -0.3 is 4.90 Å². The summed E-state index contributed by atoms with van der Waals surface area (Å²) in [6, 6.07) is 7.75. The van der Waals surface area contributed by atoms with Crippen LogP contribution in [0.5, 0.6) is 0 Å². The lowest BCUT2D eigenvalue weighted by Crippen LogP contribution is -2.43. The maximum Gasteiger partial charge on any atom is 0.244 e. The van der Waals surface area contributed by atoms with Gasteiger partial charge in [-0.2, -0.15) is 0 Å². The Kier molecular flexibility index (Phi) is 4.95. The monoisotopic (exact) mass is 308 g/mol. The van der Waals surface area contributed by atoms with Crippen molar-refractivity contribution in [2.45, 2.75) is 52.2 Å². The molecule has 0 aromatic heterocycles. The lowest BCUT2D eigenvalue weighted by Gasteiger charge is -2.25. The van der Waals surface area contributed by atoms with Crippen LogP contribution in [0.3, 0.4) is 0 Å². The highest BCUT2D eigenvalue weighted by molar-refractivity contribution is 6.30. The number of halogens is 1. The lowest BCUT2D eigenvalue weighted by molar-refractivity contribution is -0.133. The van der Waals surface area contributed by atoms with Gasteiger partial charge in [-0.3, -0.25) is 10.1 Å². The van der Waals surface area contributed by atoms with Gasteiger partial charge in [0, 0.05) is 11.6 Å². The Morgan fingerprint density at radius 1 is 1.33 bits per heavy atom. The molecule has 1 fully saturated rings. The molecule has 2 rings (SSSR count). The van der Waals surface area contributed by atoms with E-state index in [1.54, 1.807) is 0 Å². The lowest BCUT2D eigenvalue weighted by atomic mass is 9.99. The first-order chi connectivity index (χ1) is 9.87. The van der Waals surface area contributed by atoms with Crippen molar-refractivity contribution < 1.29 is 4.79 Å². The number of carbonyl (C=O) groups excluding carboxylic acids is 1. The molecule has 1 N–H and O–H groups in total. The van der Waals surface area contributed by atoms with E-state index < -0.39 is 5.54 Å². The van der Waals surface area contributed by atoms with Crippen molar-refractivity contribution in [2.24, 2.45) is 5.92 Å². The molecule has 21 heavy (non-hydrogen) atoms. The van der Waals surface area contributed by atoms with Gasteiger partial charge in [-0.15, -0.1) is 0 Å². The highest BCUT2D eigenvalue weighted by Crippen LogP contribution is 2.33. The fraction of sp³-hybridized carbons (Fsp3) is 0.588. The fourth-order valence-corrected chi connectivity index (χ4v) is 2.79. The van der Waals surface area contributed by atoms with E-state index in [2.05, 4.69) is 26.1 Å². The van der Waals surface area contributed by atoms with Crippen LogP contribution in [0.1, 0.15) is 52.3 Å². The average molecular weight is 309 g/mol. The molecule has 1 aliphatic heterocycles. The van der Waals surface area contributed by atoms with Crippen LogP contribution >= 0.6 is 11.6 Å². The summed E-state index contributed by atoms with van der Waals surface area (Å²) >= 11 is 5.97. The van der Waals surface area contributed by atoms with E-state index in [0.29, 0.717) is 5.92 Å². The Hall–Kier alpha value is -1.06. The molecule has 1 saturated heterocycles. The SMILES string of the molecule is CCC1(C)NC(c2ccc(Cl)cc2)N(CCC(C)C)C1=O. The molecule has 1 heterocycles. The largest absolute Gasteiger partial charge is 0.321 e. The van der Waals surface area contributed by atoms with Crippen molar-refractivity contribution in [1.82, 2.24) is 10.2 Å². The summed E-state index contributed by atoms with van der Waals surface area (Å²) in [6.45, 7) is 9.20. The second kappa shape index (κ2) is 6.37. The summed E-state index contributed by atoms with van der Waals surface area (Å²) in [7, 11) is 0. The predicted molar refractivity (Wildman–Crippen MR) is 87.2 cm³/mol. The van der Waals surface area contributed by atoms with Gasteiger partial charge in [0.05, 0.1) is 5.54 Å². The van der Waals surface area contributed by atoms with Crippen molar-refractivity contribution in [2.75, 3.05) is 6.54 Å². The van der Waals surface area contributed by atoms with Crippen molar-refractivity contribution in [3.8, 4) is 0 Å². The Morgan fingerprint density at radius 2 is 1.95 bits per heavy atom. The van der Waals surface area contributed by atoms with Gasteiger partial charge in [-0.25, -0.2) is 0 Å². The number of hydrogen-bond acceptors (Lipinski definition) is 2. The third kappa shape index (κ3) is 3.41. The summed E-state index contributed by atoms with van der Waals surface area (Å²) in [4.78, 5) is 14.7. The summed E-state index contributed by atoms with van der Waals surface area (Å²) in [5.41, 5.74) is 0.620. The minimum Gasteiger partial charge on any atom is -0.321 e. The van der Waals surface area contributed by atoms with E-state index in [9.17, 15) is 4.79 Å². The van der Waals surface area contributed by atoms with Gasteiger partial charge in [-0.05, 0) is 43.4 Å². The van der Waals surface area contributed by atoms with Crippen LogP contribution in [-0.2, 0) is 4.79 Å². The van der Waals surface area contributed by atoms with Crippen LogP contribution in [0.15, 0.2) is 24.3 Å². The summed E-state index contributed by atoms with van der Waals surface area (Å²) < 4.78 is 0. The topological polar surface area (TPSA) is 32.3 Å². The predicted octanol–water partition coefficient (Wildman–Crippen LogP) is 3.99. The van der Waals surface area contributed by atoms with E-state index in [4.69, 9.17) is 11.6 Å². The van der Waals surface area contributed by atoms with Gasteiger partial charge in [0.15, 0.2) is 0 Å². The van der Waals surface area contributed by atoms with E-state index in [1.807, 2.05) is 36.1 Å².